The molecule has 1 heterocycles. The van der Waals surface area contributed by atoms with Gasteiger partial charge in [-0.1, -0.05) is 30.3 Å². The summed E-state index contributed by atoms with van der Waals surface area (Å²) in [5.41, 5.74) is 0.206. The number of benzene rings is 2. The minimum absolute atomic E-state index is 0.385. The van der Waals surface area contributed by atoms with Crippen LogP contribution in [0.5, 0.6) is 0 Å². The first-order valence-corrected chi connectivity index (χ1v) is 9.21. The summed E-state index contributed by atoms with van der Waals surface area (Å²) in [5, 5.41) is 1.99. The average Bonchev–Trinajstić information content (AvgIpc) is 2.73. The van der Waals surface area contributed by atoms with E-state index in [2.05, 4.69) is 0 Å². The van der Waals surface area contributed by atoms with Gasteiger partial charge >= 0.3 is 7.12 Å². The molecule has 1 fully saturated rings. The molecule has 0 aliphatic carbocycles. The van der Waals surface area contributed by atoms with Crippen molar-refractivity contribution in [1.82, 2.24) is 4.31 Å². The van der Waals surface area contributed by atoms with Crippen LogP contribution in [-0.2, 0) is 20.3 Å². The van der Waals surface area contributed by atoms with Gasteiger partial charge in [0.1, 0.15) is 11.0 Å². The molecule has 3 rings (SSSR count). The molecule has 1 atom stereocenters. The summed E-state index contributed by atoms with van der Waals surface area (Å²) in [4.78, 5) is 0.802. The molecule has 0 radical (unpaired) electrons. The Hall–Kier alpha value is -1.21. The second kappa shape index (κ2) is 5.95. The van der Waals surface area contributed by atoms with E-state index in [9.17, 15) is 4.21 Å². The zero-order valence-electron chi connectivity index (χ0n) is 15.1. The molecule has 1 aliphatic heterocycles. The molecule has 1 unspecified atom stereocenters. The fourth-order valence-corrected chi connectivity index (χ4v) is 3.78. The molecule has 0 spiro atoms. The third-order valence-electron chi connectivity index (χ3n) is 4.94. The van der Waals surface area contributed by atoms with Gasteiger partial charge in [-0.25, -0.2) is 8.51 Å². The Labute approximate surface area is 146 Å². The van der Waals surface area contributed by atoms with Crippen molar-refractivity contribution in [3.63, 3.8) is 0 Å². The summed E-state index contributed by atoms with van der Waals surface area (Å²) >= 11 is 0. The van der Waals surface area contributed by atoms with Crippen LogP contribution in [0.3, 0.4) is 0 Å². The third kappa shape index (κ3) is 2.82. The minimum Gasteiger partial charge on any atom is -0.399 e. The Morgan fingerprint density at radius 2 is 1.46 bits per heavy atom. The zero-order valence-corrected chi connectivity index (χ0v) is 15.9. The second-order valence-corrected chi connectivity index (χ2v) is 9.02. The summed E-state index contributed by atoms with van der Waals surface area (Å²) in [7, 11) is 2.00. The highest BCUT2D eigenvalue weighted by atomic mass is 32.2. The number of fused-ring (bicyclic) bond motifs is 1. The van der Waals surface area contributed by atoms with Gasteiger partial charge in [0.15, 0.2) is 0 Å². The van der Waals surface area contributed by atoms with E-state index in [1.807, 2.05) is 78.2 Å². The van der Waals surface area contributed by atoms with E-state index in [1.54, 1.807) is 4.31 Å². The Kier molecular flexibility index (Phi) is 4.37. The molecule has 4 nitrogen and oxygen atoms in total. The Morgan fingerprint density at radius 1 is 0.917 bits per heavy atom. The fourth-order valence-electron chi connectivity index (χ4n) is 2.83. The zero-order chi connectivity index (χ0) is 17.7. The van der Waals surface area contributed by atoms with E-state index in [4.69, 9.17) is 9.31 Å². The van der Waals surface area contributed by atoms with Gasteiger partial charge in [0.05, 0.1) is 16.1 Å². The van der Waals surface area contributed by atoms with Gasteiger partial charge in [0.2, 0.25) is 0 Å². The van der Waals surface area contributed by atoms with Crippen molar-refractivity contribution in [2.45, 2.75) is 43.8 Å². The quantitative estimate of drug-likeness (QED) is 0.803. The fraction of sp³-hybridized carbons (Fsp3) is 0.444. The lowest BCUT2D eigenvalue weighted by molar-refractivity contribution is 0.00578. The van der Waals surface area contributed by atoms with Crippen LogP contribution < -0.4 is 5.46 Å². The minimum atomic E-state index is -1.20. The molecule has 0 aromatic heterocycles. The monoisotopic (exact) mass is 345 g/mol. The molecule has 128 valence electrons. The lowest BCUT2D eigenvalue weighted by Gasteiger charge is -2.32. The SMILES string of the molecule is CN(C)S(=O)c1cccc2c(B3OC(C)(C)C(C)(C)O3)cccc12. The molecule has 0 N–H and O–H groups in total. The van der Waals surface area contributed by atoms with Crippen molar-refractivity contribution in [3.8, 4) is 0 Å². The number of hydrogen-bond acceptors (Lipinski definition) is 3. The normalized spacial score (nSPS) is 20.7. The number of hydrogen-bond donors (Lipinski definition) is 0. The predicted octanol–water partition coefficient (Wildman–Crippen LogP) is 2.72. The predicted molar refractivity (Wildman–Crippen MR) is 99.8 cm³/mol. The first-order valence-electron chi connectivity index (χ1n) is 8.10. The second-order valence-electron chi connectivity index (χ2n) is 7.35. The maximum Gasteiger partial charge on any atom is 0.495 e. The number of nitrogens with zero attached hydrogens (tertiary/aromatic N) is 1. The molecule has 1 aliphatic rings. The van der Waals surface area contributed by atoms with Gasteiger partial charge < -0.3 is 9.31 Å². The molecule has 6 heteroatoms. The van der Waals surface area contributed by atoms with Crippen LogP contribution >= 0.6 is 0 Å². The highest BCUT2D eigenvalue weighted by Crippen LogP contribution is 2.37. The Bertz CT molecular complexity index is 788. The van der Waals surface area contributed by atoms with Crippen molar-refractivity contribution in [2.24, 2.45) is 0 Å². The summed E-state index contributed by atoms with van der Waals surface area (Å²) in [5.74, 6) is 0. The van der Waals surface area contributed by atoms with Gasteiger partial charge in [0.25, 0.3) is 0 Å². The van der Waals surface area contributed by atoms with E-state index in [0.29, 0.717) is 0 Å². The molecule has 1 saturated heterocycles. The lowest BCUT2D eigenvalue weighted by atomic mass is 9.76. The van der Waals surface area contributed by atoms with Crippen LogP contribution in [0.4, 0.5) is 0 Å². The largest absolute Gasteiger partial charge is 0.495 e. The molecular formula is C18H24BNO3S. The van der Waals surface area contributed by atoms with Crippen molar-refractivity contribution in [3.05, 3.63) is 36.4 Å². The van der Waals surface area contributed by atoms with Crippen LogP contribution in [-0.4, -0.2) is 40.9 Å². The van der Waals surface area contributed by atoms with Gasteiger partial charge in [-0.15, -0.1) is 0 Å². The van der Waals surface area contributed by atoms with Gasteiger partial charge in [-0.3, -0.25) is 0 Å². The van der Waals surface area contributed by atoms with Gasteiger partial charge in [0, 0.05) is 0 Å². The third-order valence-corrected chi connectivity index (χ3v) is 6.34. The summed E-state index contributed by atoms with van der Waals surface area (Å²) in [6.45, 7) is 8.19. The smallest absolute Gasteiger partial charge is 0.399 e. The van der Waals surface area contributed by atoms with Crippen LogP contribution in [0.15, 0.2) is 41.3 Å². The topological polar surface area (TPSA) is 38.8 Å². The Morgan fingerprint density at radius 3 is 2.04 bits per heavy atom. The summed E-state index contributed by atoms with van der Waals surface area (Å²) < 4.78 is 26.7. The van der Waals surface area contributed by atoms with Crippen LogP contribution in [0, 0.1) is 0 Å². The lowest BCUT2D eigenvalue weighted by Crippen LogP contribution is -2.41. The molecule has 0 bridgehead atoms. The average molecular weight is 345 g/mol. The van der Waals surface area contributed by atoms with Crippen LogP contribution in [0.1, 0.15) is 27.7 Å². The molecular weight excluding hydrogens is 321 g/mol. The Balaban J connectivity index is 2.12. The van der Waals surface area contributed by atoms with Crippen LogP contribution in [0.2, 0.25) is 0 Å². The van der Waals surface area contributed by atoms with Gasteiger partial charge in [-0.05, 0) is 64.1 Å². The maximum atomic E-state index is 12.6. The molecule has 0 saturated carbocycles. The van der Waals surface area contributed by atoms with E-state index in [-0.39, 0.29) is 11.2 Å². The van der Waals surface area contributed by atoms with E-state index in [1.165, 1.54) is 0 Å². The maximum absolute atomic E-state index is 12.6. The van der Waals surface area contributed by atoms with Crippen molar-refractivity contribution in [2.75, 3.05) is 14.1 Å². The molecule has 24 heavy (non-hydrogen) atoms. The van der Waals surface area contributed by atoms with E-state index >= 15 is 0 Å². The summed E-state index contributed by atoms with van der Waals surface area (Å²) in [6, 6.07) is 11.9. The van der Waals surface area contributed by atoms with Crippen molar-refractivity contribution in [1.29, 1.82) is 0 Å². The molecule has 2 aromatic carbocycles. The van der Waals surface area contributed by atoms with E-state index in [0.717, 1.165) is 21.1 Å². The van der Waals surface area contributed by atoms with Crippen molar-refractivity contribution >= 4 is 34.3 Å². The first kappa shape index (κ1) is 17.6. The number of rotatable bonds is 3. The van der Waals surface area contributed by atoms with Crippen molar-refractivity contribution < 1.29 is 13.5 Å². The van der Waals surface area contributed by atoms with Crippen LogP contribution in [0.25, 0.3) is 10.8 Å². The highest BCUT2D eigenvalue weighted by Gasteiger charge is 2.52. The molecule has 0 amide bonds. The molecule has 2 aromatic rings. The van der Waals surface area contributed by atoms with E-state index < -0.39 is 18.1 Å². The van der Waals surface area contributed by atoms with Gasteiger partial charge in [-0.2, -0.15) is 0 Å². The first-order chi connectivity index (χ1) is 11.1. The summed E-state index contributed by atoms with van der Waals surface area (Å²) in [6.07, 6.45) is 0. The standard InChI is InChI=1S/C18H24BNO3S/c1-17(2)18(3,4)23-19(22-17)15-11-7-10-14-13(15)9-8-12-16(14)24(21)20(5)6/h7-12H,1-6H3. The highest BCUT2D eigenvalue weighted by molar-refractivity contribution is 7.82.